The van der Waals surface area contributed by atoms with E-state index in [1.54, 1.807) is 22.7 Å². The van der Waals surface area contributed by atoms with Gasteiger partial charge in [-0.15, -0.1) is 22.7 Å². The Labute approximate surface area is 112 Å². The standard InChI is InChI=1S/C11H13BrN2S2/c1-2-3-7(13)11-14-8(6-15-11)9-4-5-10(12)16-9/h4-7H,2-3,13H2,1H3. The summed E-state index contributed by atoms with van der Waals surface area (Å²) < 4.78 is 1.13. The van der Waals surface area contributed by atoms with Gasteiger partial charge in [-0.2, -0.15) is 0 Å². The molecule has 5 heteroatoms. The highest BCUT2D eigenvalue weighted by Gasteiger charge is 2.11. The first-order valence-corrected chi connectivity index (χ1v) is 7.66. The molecule has 0 fully saturated rings. The van der Waals surface area contributed by atoms with Crippen molar-refractivity contribution in [3.63, 3.8) is 0 Å². The van der Waals surface area contributed by atoms with Gasteiger partial charge >= 0.3 is 0 Å². The van der Waals surface area contributed by atoms with Gasteiger partial charge in [-0.05, 0) is 34.5 Å². The molecule has 0 aliphatic rings. The van der Waals surface area contributed by atoms with Gasteiger partial charge in [-0.3, -0.25) is 0 Å². The zero-order valence-corrected chi connectivity index (χ0v) is 12.2. The van der Waals surface area contributed by atoms with Crippen LogP contribution in [0.4, 0.5) is 0 Å². The molecular weight excluding hydrogens is 304 g/mol. The minimum Gasteiger partial charge on any atom is -0.322 e. The topological polar surface area (TPSA) is 38.9 Å². The van der Waals surface area contributed by atoms with E-state index in [4.69, 9.17) is 5.73 Å². The van der Waals surface area contributed by atoms with E-state index >= 15 is 0 Å². The third kappa shape index (κ3) is 2.71. The van der Waals surface area contributed by atoms with Gasteiger partial charge in [-0.1, -0.05) is 13.3 Å². The number of hydrogen-bond acceptors (Lipinski definition) is 4. The number of nitrogens with zero attached hydrogens (tertiary/aromatic N) is 1. The maximum absolute atomic E-state index is 6.04. The Hall–Kier alpha value is -0.230. The third-order valence-electron chi connectivity index (χ3n) is 2.26. The van der Waals surface area contributed by atoms with Crippen LogP contribution in [0.3, 0.4) is 0 Å². The lowest BCUT2D eigenvalue weighted by atomic mass is 10.2. The lowest BCUT2D eigenvalue weighted by Crippen LogP contribution is -2.08. The molecule has 0 spiro atoms. The van der Waals surface area contributed by atoms with Crippen molar-refractivity contribution in [3.05, 3.63) is 26.3 Å². The maximum atomic E-state index is 6.04. The highest BCUT2D eigenvalue weighted by molar-refractivity contribution is 9.11. The van der Waals surface area contributed by atoms with Crippen LogP contribution in [0.5, 0.6) is 0 Å². The third-order valence-corrected chi connectivity index (χ3v) is 4.89. The van der Waals surface area contributed by atoms with Gasteiger partial charge in [0.15, 0.2) is 0 Å². The molecule has 2 rings (SSSR count). The first-order chi connectivity index (χ1) is 7.70. The SMILES string of the molecule is CCCC(N)c1nc(-c2ccc(Br)s2)cs1. The van der Waals surface area contributed by atoms with Crippen LogP contribution in [0.2, 0.25) is 0 Å². The second-order valence-corrected chi connectivity index (χ2v) is 6.92. The highest BCUT2D eigenvalue weighted by Crippen LogP contribution is 2.33. The summed E-state index contributed by atoms with van der Waals surface area (Å²) >= 11 is 6.82. The Kier molecular flexibility index (Phi) is 4.13. The molecule has 2 heterocycles. The number of thiazole rings is 1. The Bertz CT molecular complexity index is 464. The number of hydrogen-bond donors (Lipinski definition) is 1. The summed E-state index contributed by atoms with van der Waals surface area (Å²) in [5, 5.41) is 3.13. The Morgan fingerprint density at radius 2 is 2.31 bits per heavy atom. The molecule has 0 saturated carbocycles. The normalized spacial score (nSPS) is 12.9. The molecule has 0 aliphatic heterocycles. The van der Waals surface area contributed by atoms with Gasteiger partial charge in [0.25, 0.3) is 0 Å². The molecule has 2 N–H and O–H groups in total. The summed E-state index contributed by atoms with van der Waals surface area (Å²) in [4.78, 5) is 5.79. The number of halogens is 1. The van der Waals surface area contributed by atoms with Crippen LogP contribution in [0.25, 0.3) is 10.6 Å². The molecule has 0 amide bonds. The van der Waals surface area contributed by atoms with Crippen LogP contribution in [-0.2, 0) is 0 Å². The summed E-state index contributed by atoms with van der Waals surface area (Å²) in [7, 11) is 0. The predicted octanol–water partition coefficient (Wildman–Crippen LogP) is 4.43. The smallest absolute Gasteiger partial charge is 0.110 e. The van der Waals surface area contributed by atoms with Crippen molar-refractivity contribution in [3.8, 4) is 10.6 Å². The minimum absolute atomic E-state index is 0.0900. The van der Waals surface area contributed by atoms with Crippen molar-refractivity contribution in [2.24, 2.45) is 5.73 Å². The number of nitrogens with two attached hydrogens (primary N) is 1. The van der Waals surface area contributed by atoms with Crippen molar-refractivity contribution in [2.75, 3.05) is 0 Å². The van der Waals surface area contributed by atoms with Gasteiger partial charge in [0.2, 0.25) is 0 Å². The molecule has 0 radical (unpaired) electrons. The summed E-state index contributed by atoms with van der Waals surface area (Å²) in [6.07, 6.45) is 2.10. The van der Waals surface area contributed by atoms with Crippen LogP contribution >= 0.6 is 38.6 Å². The molecule has 16 heavy (non-hydrogen) atoms. The molecule has 86 valence electrons. The quantitative estimate of drug-likeness (QED) is 0.906. The average molecular weight is 317 g/mol. The largest absolute Gasteiger partial charge is 0.322 e. The van der Waals surface area contributed by atoms with Crippen LogP contribution in [0, 0.1) is 0 Å². The van der Waals surface area contributed by atoms with Crippen molar-refractivity contribution >= 4 is 38.6 Å². The minimum atomic E-state index is 0.0900. The first kappa shape index (κ1) is 12.2. The summed E-state index contributed by atoms with van der Waals surface area (Å²) in [6.45, 7) is 2.14. The van der Waals surface area contributed by atoms with E-state index in [1.807, 2.05) is 6.07 Å². The fourth-order valence-corrected chi connectivity index (χ4v) is 3.73. The Morgan fingerprint density at radius 1 is 1.50 bits per heavy atom. The van der Waals surface area contributed by atoms with Crippen molar-refractivity contribution in [1.29, 1.82) is 0 Å². The van der Waals surface area contributed by atoms with Gasteiger partial charge in [0, 0.05) is 5.38 Å². The van der Waals surface area contributed by atoms with Crippen molar-refractivity contribution in [2.45, 2.75) is 25.8 Å². The molecule has 2 aromatic rings. The van der Waals surface area contributed by atoms with Gasteiger partial charge < -0.3 is 5.73 Å². The number of aromatic nitrogens is 1. The van der Waals surface area contributed by atoms with Gasteiger partial charge in [0.1, 0.15) is 5.01 Å². The van der Waals surface area contributed by atoms with E-state index in [0.29, 0.717) is 0 Å². The fraction of sp³-hybridized carbons (Fsp3) is 0.364. The van der Waals surface area contributed by atoms with Crippen LogP contribution < -0.4 is 5.73 Å². The predicted molar refractivity (Wildman–Crippen MR) is 75.0 cm³/mol. The van der Waals surface area contributed by atoms with Gasteiger partial charge in [0.05, 0.1) is 20.4 Å². The van der Waals surface area contributed by atoms with E-state index in [0.717, 1.165) is 27.3 Å². The number of rotatable bonds is 4. The molecular formula is C11H13BrN2S2. The Balaban J connectivity index is 2.19. The summed E-state index contributed by atoms with van der Waals surface area (Å²) in [6, 6.07) is 4.22. The zero-order valence-electron chi connectivity index (χ0n) is 8.94. The van der Waals surface area contributed by atoms with Crippen LogP contribution in [0.15, 0.2) is 21.3 Å². The van der Waals surface area contributed by atoms with E-state index in [1.165, 1.54) is 4.88 Å². The molecule has 0 saturated heterocycles. The lowest BCUT2D eigenvalue weighted by Gasteiger charge is -2.04. The summed E-state index contributed by atoms with van der Waals surface area (Å²) in [5.41, 5.74) is 7.09. The highest BCUT2D eigenvalue weighted by atomic mass is 79.9. The lowest BCUT2D eigenvalue weighted by molar-refractivity contribution is 0.635. The first-order valence-electron chi connectivity index (χ1n) is 5.17. The van der Waals surface area contributed by atoms with E-state index in [-0.39, 0.29) is 6.04 Å². The molecule has 1 unspecified atom stereocenters. The molecule has 0 aromatic carbocycles. The average Bonchev–Trinajstić information content (AvgIpc) is 2.85. The summed E-state index contributed by atoms with van der Waals surface area (Å²) in [5.74, 6) is 0. The molecule has 2 aromatic heterocycles. The van der Waals surface area contributed by atoms with Crippen LogP contribution in [0.1, 0.15) is 30.8 Å². The van der Waals surface area contributed by atoms with Gasteiger partial charge in [-0.25, -0.2) is 4.98 Å². The van der Waals surface area contributed by atoms with Crippen molar-refractivity contribution < 1.29 is 0 Å². The molecule has 0 aliphatic carbocycles. The second kappa shape index (κ2) is 5.40. The molecule has 2 nitrogen and oxygen atoms in total. The van der Waals surface area contributed by atoms with E-state index in [9.17, 15) is 0 Å². The van der Waals surface area contributed by atoms with E-state index in [2.05, 4.69) is 39.3 Å². The Morgan fingerprint density at radius 3 is 2.94 bits per heavy atom. The number of thiophene rings is 1. The fourth-order valence-electron chi connectivity index (χ4n) is 1.46. The molecule has 1 atom stereocenters. The van der Waals surface area contributed by atoms with E-state index < -0.39 is 0 Å². The van der Waals surface area contributed by atoms with Crippen molar-refractivity contribution in [1.82, 2.24) is 4.98 Å². The molecule has 0 bridgehead atoms. The zero-order chi connectivity index (χ0) is 11.5. The monoisotopic (exact) mass is 316 g/mol. The maximum Gasteiger partial charge on any atom is 0.110 e. The second-order valence-electron chi connectivity index (χ2n) is 3.57. The van der Waals surface area contributed by atoms with Crippen LogP contribution in [-0.4, -0.2) is 4.98 Å².